The first-order chi connectivity index (χ1) is 9.90. The Morgan fingerprint density at radius 3 is 2.57 bits per heavy atom. The van der Waals surface area contributed by atoms with Crippen LogP contribution in [0.2, 0.25) is 5.02 Å². The Morgan fingerprint density at radius 2 is 1.86 bits per heavy atom. The van der Waals surface area contributed by atoms with Crippen molar-refractivity contribution in [2.75, 3.05) is 0 Å². The monoisotopic (exact) mass is 310 g/mol. The van der Waals surface area contributed by atoms with Crippen LogP contribution in [0.15, 0.2) is 23.0 Å². The van der Waals surface area contributed by atoms with E-state index in [1.807, 2.05) is 0 Å². The Morgan fingerprint density at radius 1 is 1.14 bits per heavy atom. The molecule has 3 rings (SSSR count). The molecule has 21 heavy (non-hydrogen) atoms. The standard InChI is InChI=1S/C13H9ClF2N4O/c1-6-3-10(9(15)4-8(6)14)20-12(21)5-11(16)19-7(2)17-18-13(19)20/h3-5H,1-2H3. The predicted octanol–water partition coefficient (Wildman–Crippen LogP) is 2.43. The Hall–Kier alpha value is -2.28. The van der Waals surface area contributed by atoms with Gasteiger partial charge in [0.25, 0.3) is 5.56 Å². The van der Waals surface area contributed by atoms with Gasteiger partial charge in [0.05, 0.1) is 11.8 Å². The Labute approximate surface area is 122 Å². The summed E-state index contributed by atoms with van der Waals surface area (Å²) >= 11 is 5.84. The predicted molar refractivity (Wildman–Crippen MR) is 73.0 cm³/mol. The first-order valence-electron chi connectivity index (χ1n) is 5.99. The number of halogens is 3. The van der Waals surface area contributed by atoms with Crippen molar-refractivity contribution in [3.63, 3.8) is 0 Å². The zero-order valence-corrected chi connectivity index (χ0v) is 11.8. The molecule has 0 fully saturated rings. The molecule has 0 aliphatic heterocycles. The van der Waals surface area contributed by atoms with Crippen LogP contribution in [0.1, 0.15) is 11.4 Å². The topological polar surface area (TPSA) is 52.2 Å². The summed E-state index contributed by atoms with van der Waals surface area (Å²) in [7, 11) is 0. The highest BCUT2D eigenvalue weighted by Gasteiger charge is 2.17. The largest absolute Gasteiger partial charge is 0.269 e. The van der Waals surface area contributed by atoms with Crippen LogP contribution in [0.4, 0.5) is 8.78 Å². The Kier molecular flexibility index (Phi) is 3.02. The lowest BCUT2D eigenvalue weighted by atomic mass is 10.2. The lowest BCUT2D eigenvalue weighted by Crippen LogP contribution is -2.23. The molecule has 0 atom stereocenters. The minimum Gasteiger partial charge on any atom is -0.269 e. The Bertz CT molecular complexity index is 932. The summed E-state index contributed by atoms with van der Waals surface area (Å²) in [4.78, 5) is 12.1. The van der Waals surface area contributed by atoms with Crippen LogP contribution in [0, 0.1) is 25.6 Å². The van der Waals surface area contributed by atoms with Gasteiger partial charge in [-0.15, -0.1) is 10.2 Å². The zero-order chi connectivity index (χ0) is 15.3. The summed E-state index contributed by atoms with van der Waals surface area (Å²) in [6.07, 6.45) is 0. The van der Waals surface area contributed by atoms with Crippen LogP contribution in [-0.2, 0) is 0 Å². The SMILES string of the molecule is Cc1cc(-n2c(=O)cc(F)n3c(C)nnc23)c(F)cc1Cl. The van der Waals surface area contributed by atoms with Crippen molar-refractivity contribution in [2.24, 2.45) is 0 Å². The number of aromatic nitrogens is 4. The van der Waals surface area contributed by atoms with Crippen LogP contribution in [0.5, 0.6) is 0 Å². The van der Waals surface area contributed by atoms with E-state index in [1.54, 1.807) is 6.92 Å². The highest BCUT2D eigenvalue weighted by Crippen LogP contribution is 2.23. The molecule has 0 amide bonds. The van der Waals surface area contributed by atoms with Gasteiger partial charge in [0.1, 0.15) is 11.6 Å². The van der Waals surface area contributed by atoms with E-state index < -0.39 is 17.3 Å². The van der Waals surface area contributed by atoms with Gasteiger partial charge < -0.3 is 0 Å². The number of rotatable bonds is 1. The van der Waals surface area contributed by atoms with E-state index in [0.29, 0.717) is 5.56 Å². The number of hydrogen-bond donors (Lipinski definition) is 0. The third-order valence-electron chi connectivity index (χ3n) is 3.15. The van der Waals surface area contributed by atoms with Gasteiger partial charge in [-0.1, -0.05) is 11.6 Å². The third-order valence-corrected chi connectivity index (χ3v) is 3.56. The van der Waals surface area contributed by atoms with Crippen LogP contribution >= 0.6 is 11.6 Å². The first-order valence-corrected chi connectivity index (χ1v) is 6.37. The molecule has 0 unspecified atom stereocenters. The van der Waals surface area contributed by atoms with E-state index >= 15 is 0 Å². The van der Waals surface area contributed by atoms with Gasteiger partial charge in [0.2, 0.25) is 11.7 Å². The lowest BCUT2D eigenvalue weighted by Gasteiger charge is -2.10. The van der Waals surface area contributed by atoms with Crippen molar-refractivity contribution in [2.45, 2.75) is 13.8 Å². The number of aryl methyl sites for hydroxylation is 2. The Balaban J connectivity index is 2.46. The molecule has 0 spiro atoms. The maximum Gasteiger partial charge on any atom is 0.262 e. The maximum absolute atomic E-state index is 14.1. The summed E-state index contributed by atoms with van der Waals surface area (Å²) in [5.74, 6) is -1.36. The molecule has 1 aromatic carbocycles. The second-order valence-electron chi connectivity index (χ2n) is 4.58. The van der Waals surface area contributed by atoms with Gasteiger partial charge in [-0.2, -0.15) is 4.39 Å². The summed E-state index contributed by atoms with van der Waals surface area (Å²) in [5.41, 5.74) is -0.217. The fourth-order valence-corrected chi connectivity index (χ4v) is 2.27. The molecule has 0 N–H and O–H groups in total. The molecule has 8 heteroatoms. The van der Waals surface area contributed by atoms with E-state index in [9.17, 15) is 13.6 Å². The van der Waals surface area contributed by atoms with Crippen molar-refractivity contribution >= 4 is 17.4 Å². The molecule has 108 valence electrons. The maximum atomic E-state index is 14.1. The van der Waals surface area contributed by atoms with E-state index in [4.69, 9.17) is 11.6 Å². The second kappa shape index (κ2) is 4.63. The van der Waals surface area contributed by atoms with Crippen molar-refractivity contribution in [3.8, 4) is 5.69 Å². The van der Waals surface area contributed by atoms with Gasteiger partial charge in [-0.3, -0.25) is 4.79 Å². The zero-order valence-electron chi connectivity index (χ0n) is 11.1. The summed E-state index contributed by atoms with van der Waals surface area (Å²) in [5, 5.41) is 7.70. The van der Waals surface area contributed by atoms with Crippen molar-refractivity contribution in [1.82, 2.24) is 19.2 Å². The molecule has 2 heterocycles. The summed E-state index contributed by atoms with van der Waals surface area (Å²) in [6.45, 7) is 3.20. The van der Waals surface area contributed by atoms with Gasteiger partial charge in [-0.25, -0.2) is 13.4 Å². The van der Waals surface area contributed by atoms with Crippen molar-refractivity contribution < 1.29 is 8.78 Å². The molecule has 0 aliphatic carbocycles. The molecule has 5 nitrogen and oxygen atoms in total. The molecule has 2 aromatic heterocycles. The molecule has 0 saturated carbocycles. The smallest absolute Gasteiger partial charge is 0.262 e. The molecular weight excluding hydrogens is 302 g/mol. The molecular formula is C13H9ClF2N4O. The van der Waals surface area contributed by atoms with Crippen LogP contribution in [0.25, 0.3) is 11.5 Å². The van der Waals surface area contributed by atoms with E-state index in [1.165, 1.54) is 13.0 Å². The molecule has 0 saturated heterocycles. The minimum atomic E-state index is -0.806. The lowest BCUT2D eigenvalue weighted by molar-refractivity contribution is 0.550. The molecule has 0 aliphatic rings. The van der Waals surface area contributed by atoms with Crippen LogP contribution in [-0.4, -0.2) is 19.2 Å². The quantitative estimate of drug-likeness (QED) is 0.649. The highest BCUT2D eigenvalue weighted by atomic mass is 35.5. The van der Waals surface area contributed by atoms with Crippen LogP contribution in [0.3, 0.4) is 0 Å². The van der Waals surface area contributed by atoms with E-state index in [-0.39, 0.29) is 22.3 Å². The average molecular weight is 311 g/mol. The highest BCUT2D eigenvalue weighted by molar-refractivity contribution is 6.31. The van der Waals surface area contributed by atoms with Crippen molar-refractivity contribution in [1.29, 1.82) is 0 Å². The van der Waals surface area contributed by atoms with Gasteiger partial charge >= 0.3 is 0 Å². The van der Waals surface area contributed by atoms with E-state index in [0.717, 1.165) is 21.1 Å². The number of hydrogen-bond acceptors (Lipinski definition) is 3. The molecule has 3 aromatic rings. The number of nitrogens with zero attached hydrogens (tertiary/aromatic N) is 4. The van der Waals surface area contributed by atoms with Gasteiger partial charge in [0.15, 0.2) is 0 Å². The third kappa shape index (κ3) is 2.01. The number of fused-ring (bicyclic) bond motifs is 1. The minimum absolute atomic E-state index is 0.0562. The number of benzene rings is 1. The first kappa shape index (κ1) is 13.7. The normalized spacial score (nSPS) is 11.3. The van der Waals surface area contributed by atoms with Gasteiger partial charge in [0, 0.05) is 5.02 Å². The summed E-state index contributed by atoms with van der Waals surface area (Å²) in [6, 6.07) is 3.26. The van der Waals surface area contributed by atoms with Crippen LogP contribution < -0.4 is 5.56 Å². The molecule has 0 radical (unpaired) electrons. The fourth-order valence-electron chi connectivity index (χ4n) is 2.12. The fraction of sp³-hybridized carbons (Fsp3) is 0.154. The van der Waals surface area contributed by atoms with Crippen molar-refractivity contribution in [3.05, 3.63) is 56.7 Å². The van der Waals surface area contributed by atoms with E-state index in [2.05, 4.69) is 10.2 Å². The molecule has 0 bridgehead atoms. The second-order valence-corrected chi connectivity index (χ2v) is 4.98. The summed E-state index contributed by atoms with van der Waals surface area (Å²) < 4.78 is 30.0. The van der Waals surface area contributed by atoms with Gasteiger partial charge in [-0.05, 0) is 31.5 Å². The average Bonchev–Trinajstić information content (AvgIpc) is 2.78.